The Morgan fingerprint density at radius 1 is 0.538 bits per heavy atom. The van der Waals surface area contributed by atoms with Crippen LogP contribution >= 0.6 is 11.6 Å². The van der Waals surface area contributed by atoms with Gasteiger partial charge in [0.25, 0.3) is 0 Å². The standard InChI is InChI=1S/C25H30N2O3.C24H29N5O3.C20H22N2O2.C5H9ClO/c1-6-7-12-23(28)27(24(18(2)3)25(29)30-5)17-19-13-15-20(16-14-19)21-10-8-9-11-22(21)26-4;1-4-5-10-21(30)29(22(16(2)3)24(31)32)15-17-11-13-18(14-12-17)19-8-6-7-9-20(19)23-25-27-28-26-23;1-14(2)19(20(23)24-4)22-13-15-9-11-16(12-10-15)17-7-5-6-8-18(17)21-3;1-2-3-4-5(6)7/h8-11,13-16,18,24H,6-7,12,17H2,1-3,5H3;6-9,11-14,16,22H,4-5,10,15H2,1-3H3,(H,31,32)(H,25,26,27,28);5-12,14,19,22H,13H2,1-2,4H3;2-4H2,1H3/t24-;22-;19-;/m000./s1. The second-order valence-corrected chi connectivity index (χ2v) is 23.6. The van der Waals surface area contributed by atoms with E-state index in [0.717, 1.165) is 94.2 Å². The molecular weight excluding hydrogens is 1190 g/mol. The first-order valence-electron chi connectivity index (χ1n) is 31.6. The molecule has 7 rings (SSSR count). The Labute approximate surface area is 554 Å². The number of carboxylic acids is 1. The summed E-state index contributed by atoms with van der Waals surface area (Å²) in [5, 5.41) is 27.1. The Kier molecular flexibility index (Phi) is 33.1. The number of nitrogens with one attached hydrogen (secondary N) is 2. The topological polar surface area (TPSA) is 223 Å². The summed E-state index contributed by atoms with van der Waals surface area (Å²) in [4.78, 5) is 82.2. The lowest BCUT2D eigenvalue weighted by molar-refractivity contribution is -0.155. The van der Waals surface area contributed by atoms with Crippen molar-refractivity contribution < 1.29 is 43.3 Å². The van der Waals surface area contributed by atoms with E-state index in [2.05, 4.69) is 35.6 Å². The molecule has 0 unspecified atom stereocenters. The molecule has 6 aromatic carbocycles. The Morgan fingerprint density at radius 2 is 0.935 bits per heavy atom. The van der Waals surface area contributed by atoms with Crippen molar-refractivity contribution in [1.29, 1.82) is 0 Å². The number of hydrogen-bond acceptors (Lipinski definition) is 12. The summed E-state index contributed by atoms with van der Waals surface area (Å²) in [6.07, 6.45) is 6.57. The zero-order chi connectivity index (χ0) is 68.4. The number of H-pyrrole nitrogens is 1. The zero-order valence-electron chi connectivity index (χ0n) is 55.5. The average Bonchev–Trinajstić information content (AvgIpc) is 1.71. The number of para-hydroxylation sites is 2. The average molecular weight is 1290 g/mol. The van der Waals surface area contributed by atoms with Crippen LogP contribution in [-0.2, 0) is 57.9 Å². The fourth-order valence-electron chi connectivity index (χ4n) is 10.2. The Balaban J connectivity index is 0.000000284. The predicted octanol–water partition coefficient (Wildman–Crippen LogP) is 15.9. The fraction of sp³-hybridized carbons (Fsp3) is 0.392. The third-order valence-corrected chi connectivity index (χ3v) is 15.4. The second-order valence-electron chi connectivity index (χ2n) is 23.2. The number of carboxylic acid groups (broad SMARTS) is 1. The molecule has 1 heterocycles. The molecule has 0 aliphatic heterocycles. The van der Waals surface area contributed by atoms with Gasteiger partial charge in [-0.15, -0.1) is 10.2 Å². The van der Waals surface area contributed by atoms with Gasteiger partial charge in [0.2, 0.25) is 22.9 Å². The normalized spacial score (nSPS) is 11.6. The van der Waals surface area contributed by atoms with Gasteiger partial charge in [-0.1, -0.05) is 227 Å². The SMILES string of the molecule is CCCCC(=O)Cl.CCCCC(=O)N(Cc1ccc(-c2ccccc2-c2nn[nH]n2)cc1)[C@H](C(=O)O)C(C)C.[C-]#[N+]c1ccccc1-c1ccc(CN(C(=O)CCCC)[C@H](C(=O)OC)C(C)C)cc1.[C-]#[N+]c1ccccc1-c1ccc(CN[C@H](C(=O)OC)C(C)C)cc1. The minimum Gasteiger partial charge on any atom is -0.480 e. The van der Waals surface area contributed by atoms with Crippen molar-refractivity contribution in [2.75, 3.05) is 14.2 Å². The van der Waals surface area contributed by atoms with Crippen LogP contribution in [0.1, 0.15) is 137 Å². The number of unbranched alkanes of at least 4 members (excludes halogenated alkanes) is 3. The smallest absolute Gasteiger partial charge is 0.328 e. The number of esters is 2. The Hall–Kier alpha value is -9.36. The molecule has 0 bridgehead atoms. The summed E-state index contributed by atoms with van der Waals surface area (Å²) in [5.41, 5.74) is 10.7. The Morgan fingerprint density at radius 3 is 1.30 bits per heavy atom. The number of carbonyl (C=O) groups excluding carboxylic acids is 5. The van der Waals surface area contributed by atoms with Crippen molar-refractivity contribution in [3.05, 3.63) is 185 Å². The minimum atomic E-state index is -0.976. The minimum absolute atomic E-state index is 0.0385. The molecule has 0 saturated heterocycles. The number of aromatic nitrogens is 4. The van der Waals surface area contributed by atoms with Gasteiger partial charge in [-0.25, -0.2) is 19.3 Å². The molecule has 19 heteroatoms. The maximum absolute atomic E-state index is 12.9. The van der Waals surface area contributed by atoms with Crippen LogP contribution in [0.2, 0.25) is 0 Å². The molecule has 93 heavy (non-hydrogen) atoms. The van der Waals surface area contributed by atoms with Crippen molar-refractivity contribution in [1.82, 2.24) is 35.7 Å². The number of aliphatic carboxylic acids is 1. The number of aromatic amines is 1. The first-order chi connectivity index (χ1) is 44.7. The largest absolute Gasteiger partial charge is 0.480 e. The number of tetrazole rings is 1. The molecule has 7 aromatic rings. The molecule has 1 aromatic heterocycles. The zero-order valence-corrected chi connectivity index (χ0v) is 56.3. The van der Waals surface area contributed by atoms with E-state index in [-0.39, 0.29) is 53.4 Å². The molecule has 18 nitrogen and oxygen atoms in total. The lowest BCUT2D eigenvalue weighted by atomic mass is 9.97. The van der Waals surface area contributed by atoms with Crippen molar-refractivity contribution in [2.24, 2.45) is 17.8 Å². The predicted molar refractivity (Wildman–Crippen MR) is 366 cm³/mol. The van der Waals surface area contributed by atoms with E-state index in [4.69, 9.17) is 34.2 Å². The van der Waals surface area contributed by atoms with Crippen molar-refractivity contribution in [2.45, 2.75) is 158 Å². The molecular formula is C74H90ClN9O9. The molecule has 0 fully saturated rings. The van der Waals surface area contributed by atoms with Crippen LogP contribution < -0.4 is 5.32 Å². The molecule has 0 radical (unpaired) electrons. The summed E-state index contributed by atoms with van der Waals surface area (Å²) >= 11 is 5.02. The summed E-state index contributed by atoms with van der Waals surface area (Å²) < 4.78 is 9.82. The molecule has 0 spiro atoms. The molecule has 3 N–H and O–H groups in total. The van der Waals surface area contributed by atoms with E-state index >= 15 is 0 Å². The number of ether oxygens (including phenoxy) is 2. The van der Waals surface area contributed by atoms with Crippen LogP contribution in [-0.4, -0.2) is 103 Å². The number of carbonyl (C=O) groups is 6. The monoisotopic (exact) mass is 1280 g/mol. The summed E-state index contributed by atoms with van der Waals surface area (Å²) in [6, 6.07) is 44.7. The van der Waals surface area contributed by atoms with E-state index in [9.17, 15) is 33.9 Å². The van der Waals surface area contributed by atoms with Crippen LogP contribution in [0.4, 0.5) is 11.4 Å². The number of amides is 2. The van der Waals surface area contributed by atoms with Crippen molar-refractivity contribution >= 4 is 57.9 Å². The maximum atomic E-state index is 12.9. The quantitative estimate of drug-likeness (QED) is 0.0236. The van der Waals surface area contributed by atoms with Gasteiger partial charge in [0.1, 0.15) is 18.1 Å². The highest BCUT2D eigenvalue weighted by atomic mass is 35.5. The van der Waals surface area contributed by atoms with Gasteiger partial charge in [-0.2, -0.15) is 5.21 Å². The molecule has 0 aliphatic rings. The fourth-order valence-corrected chi connectivity index (χ4v) is 10.3. The van der Waals surface area contributed by atoms with E-state index in [1.807, 2.05) is 202 Å². The third-order valence-electron chi connectivity index (χ3n) is 15.2. The summed E-state index contributed by atoms with van der Waals surface area (Å²) in [5.74, 6) is -1.36. The van der Waals surface area contributed by atoms with Crippen molar-refractivity contribution in [3.8, 4) is 44.8 Å². The second kappa shape index (κ2) is 40.5. The number of nitrogens with zero attached hydrogens (tertiary/aromatic N) is 7. The van der Waals surface area contributed by atoms with E-state index in [1.54, 1.807) is 11.0 Å². The highest BCUT2D eigenvalue weighted by molar-refractivity contribution is 6.63. The van der Waals surface area contributed by atoms with E-state index < -0.39 is 24.0 Å². The van der Waals surface area contributed by atoms with E-state index in [1.165, 1.54) is 19.1 Å². The van der Waals surface area contributed by atoms with Crippen LogP contribution in [0.5, 0.6) is 0 Å². The molecule has 2 amide bonds. The molecule has 0 aliphatic carbocycles. The highest BCUT2D eigenvalue weighted by Gasteiger charge is 2.34. The lowest BCUT2D eigenvalue weighted by Crippen LogP contribution is -2.48. The van der Waals surface area contributed by atoms with Crippen LogP contribution in [0.15, 0.2) is 146 Å². The van der Waals surface area contributed by atoms with E-state index in [0.29, 0.717) is 49.6 Å². The van der Waals surface area contributed by atoms with Gasteiger partial charge in [0.15, 0.2) is 11.4 Å². The summed E-state index contributed by atoms with van der Waals surface area (Å²) in [6.45, 7) is 33.3. The first-order valence-corrected chi connectivity index (χ1v) is 32.0. The van der Waals surface area contributed by atoms with Gasteiger partial charge in [0.05, 0.1) is 27.4 Å². The number of rotatable bonds is 28. The van der Waals surface area contributed by atoms with Crippen LogP contribution in [0, 0.1) is 30.9 Å². The summed E-state index contributed by atoms with van der Waals surface area (Å²) in [7, 11) is 2.76. The molecule has 492 valence electrons. The third kappa shape index (κ3) is 24.0. The van der Waals surface area contributed by atoms with Gasteiger partial charge < -0.3 is 29.7 Å². The molecule has 3 atom stereocenters. The van der Waals surface area contributed by atoms with Gasteiger partial charge in [-0.05, 0) is 104 Å². The van der Waals surface area contributed by atoms with Crippen molar-refractivity contribution in [3.63, 3.8) is 0 Å². The number of methoxy groups -OCH3 is 2. The number of benzene rings is 6. The van der Waals surface area contributed by atoms with Crippen LogP contribution in [0.25, 0.3) is 54.5 Å². The highest BCUT2D eigenvalue weighted by Crippen LogP contribution is 2.33. The number of halogens is 1. The van der Waals surface area contributed by atoms with Crippen LogP contribution in [0.3, 0.4) is 0 Å². The van der Waals surface area contributed by atoms with Gasteiger partial charge in [-0.3, -0.25) is 19.2 Å². The first kappa shape index (κ1) is 76.1. The van der Waals surface area contributed by atoms with Gasteiger partial charge >= 0.3 is 17.9 Å². The molecule has 0 saturated carbocycles. The Bertz CT molecular complexity index is 3540. The lowest BCUT2D eigenvalue weighted by Gasteiger charge is -2.32. The maximum Gasteiger partial charge on any atom is 0.328 e. The number of hydrogen-bond donors (Lipinski definition) is 3. The van der Waals surface area contributed by atoms with Gasteiger partial charge in [0, 0.05) is 44.5 Å².